The molecule has 2 rings (SSSR count). The van der Waals surface area contributed by atoms with Crippen molar-refractivity contribution in [2.24, 2.45) is 5.92 Å². The Morgan fingerprint density at radius 3 is 3.18 bits per heavy atom. The molecule has 2 heteroatoms. The van der Waals surface area contributed by atoms with Crippen LogP contribution in [0.5, 0.6) is 0 Å². The smallest absolute Gasteiger partial charge is 0.191 e. The first kappa shape index (κ1) is 6.89. The van der Waals surface area contributed by atoms with Crippen LogP contribution in [0, 0.1) is 12.8 Å². The van der Waals surface area contributed by atoms with E-state index in [-0.39, 0.29) is 0 Å². The van der Waals surface area contributed by atoms with Crippen molar-refractivity contribution >= 4 is 0 Å². The van der Waals surface area contributed by atoms with Crippen LogP contribution >= 0.6 is 0 Å². The predicted molar refractivity (Wildman–Crippen MR) is 42.4 cm³/mol. The van der Waals surface area contributed by atoms with Gasteiger partial charge in [-0.15, -0.1) is 0 Å². The van der Waals surface area contributed by atoms with Gasteiger partial charge in [0.05, 0.1) is 5.69 Å². The number of aryl methyl sites for hydroxylation is 2. The highest BCUT2D eigenvalue weighted by molar-refractivity contribution is 5.13. The highest BCUT2D eigenvalue weighted by atomic mass is 16.4. The summed E-state index contributed by atoms with van der Waals surface area (Å²) in [5.41, 5.74) is 1.20. The van der Waals surface area contributed by atoms with Gasteiger partial charge in [0, 0.05) is 13.3 Å². The van der Waals surface area contributed by atoms with Crippen molar-refractivity contribution in [3.05, 3.63) is 17.3 Å². The molecule has 11 heavy (non-hydrogen) atoms. The molecule has 0 aliphatic heterocycles. The van der Waals surface area contributed by atoms with Crippen molar-refractivity contribution in [1.29, 1.82) is 0 Å². The molecule has 1 aromatic heterocycles. The average Bonchev–Trinajstić information content (AvgIpc) is 2.27. The first-order valence-corrected chi connectivity index (χ1v) is 4.21. The van der Waals surface area contributed by atoms with E-state index in [1.165, 1.54) is 12.1 Å². The minimum atomic E-state index is 0.784. The zero-order chi connectivity index (χ0) is 7.84. The second-order valence-electron chi connectivity index (χ2n) is 3.45. The summed E-state index contributed by atoms with van der Waals surface area (Å²) in [5.74, 6) is 2.73. The van der Waals surface area contributed by atoms with Gasteiger partial charge in [-0.1, -0.05) is 6.92 Å². The summed E-state index contributed by atoms with van der Waals surface area (Å²) in [6.07, 6.45) is 3.44. The van der Waals surface area contributed by atoms with E-state index in [9.17, 15) is 0 Å². The molecule has 0 fully saturated rings. The summed E-state index contributed by atoms with van der Waals surface area (Å²) in [5, 5.41) is 0. The van der Waals surface area contributed by atoms with E-state index in [1.54, 1.807) is 0 Å². The molecule has 0 spiro atoms. The van der Waals surface area contributed by atoms with Crippen LogP contribution in [0.25, 0.3) is 0 Å². The van der Waals surface area contributed by atoms with Gasteiger partial charge in [-0.05, 0) is 18.8 Å². The van der Waals surface area contributed by atoms with Gasteiger partial charge in [0.2, 0.25) is 0 Å². The molecule has 1 aliphatic rings. The Morgan fingerprint density at radius 1 is 1.55 bits per heavy atom. The Hall–Kier alpha value is -0.790. The second-order valence-corrected chi connectivity index (χ2v) is 3.45. The lowest BCUT2D eigenvalue weighted by Gasteiger charge is -2.14. The van der Waals surface area contributed by atoms with E-state index in [0.717, 1.165) is 30.4 Å². The maximum atomic E-state index is 5.44. The Bertz CT molecular complexity index is 265. The van der Waals surface area contributed by atoms with Gasteiger partial charge in [0.25, 0.3) is 0 Å². The zero-order valence-corrected chi connectivity index (χ0v) is 7.05. The summed E-state index contributed by atoms with van der Waals surface area (Å²) in [6, 6.07) is 0. The van der Waals surface area contributed by atoms with Crippen LogP contribution in [0.2, 0.25) is 0 Å². The molecule has 0 amide bonds. The molecule has 1 unspecified atom stereocenters. The lowest BCUT2D eigenvalue weighted by molar-refractivity contribution is 0.415. The molecule has 1 heterocycles. The van der Waals surface area contributed by atoms with Gasteiger partial charge in [-0.25, -0.2) is 4.98 Å². The maximum Gasteiger partial charge on any atom is 0.191 e. The Morgan fingerprint density at radius 2 is 2.36 bits per heavy atom. The van der Waals surface area contributed by atoms with Gasteiger partial charge in [-0.2, -0.15) is 0 Å². The molecule has 0 saturated heterocycles. The fourth-order valence-corrected chi connectivity index (χ4v) is 1.68. The first-order valence-electron chi connectivity index (χ1n) is 4.21. The molecule has 0 saturated carbocycles. The lowest BCUT2D eigenvalue weighted by atomic mass is 9.92. The quantitative estimate of drug-likeness (QED) is 0.567. The highest BCUT2D eigenvalue weighted by Crippen LogP contribution is 2.24. The van der Waals surface area contributed by atoms with Crippen molar-refractivity contribution in [3.63, 3.8) is 0 Å². The van der Waals surface area contributed by atoms with Crippen molar-refractivity contribution in [1.82, 2.24) is 4.98 Å². The van der Waals surface area contributed by atoms with Crippen LogP contribution in [-0.2, 0) is 12.8 Å². The fourth-order valence-electron chi connectivity index (χ4n) is 1.68. The van der Waals surface area contributed by atoms with Crippen LogP contribution in [0.1, 0.15) is 30.7 Å². The Balaban J connectivity index is 2.34. The molecule has 60 valence electrons. The number of hydrogen-bond acceptors (Lipinski definition) is 2. The summed E-state index contributed by atoms with van der Waals surface area (Å²) in [4.78, 5) is 4.33. The molecule has 0 bridgehead atoms. The third-order valence-electron chi connectivity index (χ3n) is 2.29. The van der Waals surface area contributed by atoms with E-state index < -0.39 is 0 Å². The first-order chi connectivity index (χ1) is 5.25. The Kier molecular flexibility index (Phi) is 1.48. The number of nitrogens with zero attached hydrogens (tertiary/aromatic N) is 1. The van der Waals surface area contributed by atoms with Gasteiger partial charge in [-0.3, -0.25) is 0 Å². The van der Waals surface area contributed by atoms with Crippen molar-refractivity contribution in [2.75, 3.05) is 0 Å². The van der Waals surface area contributed by atoms with E-state index in [4.69, 9.17) is 4.42 Å². The summed E-state index contributed by atoms with van der Waals surface area (Å²) >= 11 is 0. The van der Waals surface area contributed by atoms with Crippen LogP contribution in [0.15, 0.2) is 4.42 Å². The average molecular weight is 151 g/mol. The maximum absolute atomic E-state index is 5.44. The summed E-state index contributed by atoms with van der Waals surface area (Å²) in [6.45, 7) is 4.19. The third-order valence-corrected chi connectivity index (χ3v) is 2.29. The minimum Gasteiger partial charge on any atom is -0.446 e. The van der Waals surface area contributed by atoms with Gasteiger partial charge in [0.15, 0.2) is 5.89 Å². The topological polar surface area (TPSA) is 26.0 Å². The van der Waals surface area contributed by atoms with E-state index >= 15 is 0 Å². The second kappa shape index (κ2) is 2.36. The lowest BCUT2D eigenvalue weighted by Crippen LogP contribution is -2.09. The third kappa shape index (κ3) is 1.17. The summed E-state index contributed by atoms with van der Waals surface area (Å²) < 4.78 is 5.44. The Labute approximate surface area is 66.6 Å². The van der Waals surface area contributed by atoms with E-state index in [2.05, 4.69) is 11.9 Å². The fraction of sp³-hybridized carbons (Fsp3) is 0.667. The molecule has 1 aromatic rings. The molecular weight excluding hydrogens is 138 g/mol. The predicted octanol–water partition coefficient (Wildman–Crippen LogP) is 2.11. The minimum absolute atomic E-state index is 0.784. The van der Waals surface area contributed by atoms with Crippen LogP contribution < -0.4 is 0 Å². The van der Waals surface area contributed by atoms with Crippen molar-refractivity contribution in [2.45, 2.75) is 33.1 Å². The molecule has 0 aromatic carbocycles. The normalized spacial score (nSPS) is 23.3. The molecule has 0 N–H and O–H groups in total. The highest BCUT2D eigenvalue weighted by Gasteiger charge is 2.19. The van der Waals surface area contributed by atoms with Crippen LogP contribution in [0.4, 0.5) is 0 Å². The molecule has 1 aliphatic carbocycles. The number of oxazole rings is 1. The number of aromatic nitrogens is 1. The molecular formula is C9H13NO. The largest absolute Gasteiger partial charge is 0.446 e. The summed E-state index contributed by atoms with van der Waals surface area (Å²) in [7, 11) is 0. The van der Waals surface area contributed by atoms with Crippen LogP contribution in [-0.4, -0.2) is 4.98 Å². The standard InChI is InChI=1S/C9H13NO/c1-6-3-4-9-8(5-6)10-7(2)11-9/h6H,3-5H2,1-2H3. The molecule has 0 radical (unpaired) electrons. The monoisotopic (exact) mass is 151 g/mol. The zero-order valence-electron chi connectivity index (χ0n) is 7.05. The SMILES string of the molecule is Cc1nc2c(o1)CCC(C)C2. The van der Waals surface area contributed by atoms with Gasteiger partial charge >= 0.3 is 0 Å². The number of rotatable bonds is 0. The molecule has 2 nitrogen and oxygen atoms in total. The number of hydrogen-bond donors (Lipinski definition) is 0. The van der Waals surface area contributed by atoms with Crippen molar-refractivity contribution < 1.29 is 4.42 Å². The van der Waals surface area contributed by atoms with Crippen molar-refractivity contribution in [3.8, 4) is 0 Å². The van der Waals surface area contributed by atoms with Crippen LogP contribution in [0.3, 0.4) is 0 Å². The van der Waals surface area contributed by atoms with Gasteiger partial charge < -0.3 is 4.42 Å². The van der Waals surface area contributed by atoms with E-state index in [1.807, 2.05) is 6.92 Å². The molecule has 1 atom stereocenters. The van der Waals surface area contributed by atoms with Gasteiger partial charge in [0.1, 0.15) is 5.76 Å². The number of fused-ring (bicyclic) bond motifs is 1. The van der Waals surface area contributed by atoms with E-state index in [0.29, 0.717) is 0 Å².